The van der Waals surface area contributed by atoms with Crippen LogP contribution in [0.2, 0.25) is 0 Å². The number of aliphatic hydroxyl groups is 2. The summed E-state index contributed by atoms with van der Waals surface area (Å²) in [7, 11) is 0. The molecule has 0 aromatic heterocycles. The zero-order valence-corrected chi connectivity index (χ0v) is 42.6. The molecular weight excluding hydrogens is 803 g/mol. The molecule has 6 heteroatoms. The molecule has 6 nitrogen and oxygen atoms in total. The summed E-state index contributed by atoms with van der Waals surface area (Å²) in [5.74, 6) is -0.527. The maximum atomic E-state index is 13.2. The fourth-order valence-corrected chi connectivity index (χ4v) is 7.97. The van der Waals surface area contributed by atoms with E-state index in [-0.39, 0.29) is 24.9 Å². The Morgan fingerprint density at radius 2 is 0.831 bits per heavy atom. The highest BCUT2D eigenvalue weighted by atomic mass is 16.5. The second-order valence-electron chi connectivity index (χ2n) is 18.4. The number of aliphatic hydroxyl groups excluding tert-OH is 2. The summed E-state index contributed by atoms with van der Waals surface area (Å²) in [5, 5.41) is 23.8. The van der Waals surface area contributed by atoms with Crippen LogP contribution in [0.15, 0.2) is 85.1 Å². The molecule has 0 aliphatic rings. The number of esters is 1. The second kappa shape index (κ2) is 52.0. The van der Waals surface area contributed by atoms with E-state index >= 15 is 0 Å². The molecule has 0 spiro atoms. The normalized spacial score (nSPS) is 13.9. The van der Waals surface area contributed by atoms with Crippen molar-refractivity contribution < 1.29 is 24.5 Å². The number of ether oxygens (including phenoxy) is 1. The highest BCUT2D eigenvalue weighted by Crippen LogP contribution is 2.18. The molecule has 0 radical (unpaired) electrons. The maximum Gasteiger partial charge on any atom is 0.306 e. The summed E-state index contributed by atoms with van der Waals surface area (Å²) in [6.07, 6.45) is 67.8. The zero-order chi connectivity index (χ0) is 47.4. The van der Waals surface area contributed by atoms with Crippen LogP contribution in [0.3, 0.4) is 0 Å². The van der Waals surface area contributed by atoms with Crippen molar-refractivity contribution in [2.45, 2.75) is 270 Å². The SMILES string of the molecule is CC/C=C/C=C/C=C/CCCCCCCCCC(=O)OC(CCCCC/C=C/C=C/C=C/C=C/CCCCC)CC(=O)NC(CO)C(O)CCCCCCCCCCCCCCCCC. The third-order valence-electron chi connectivity index (χ3n) is 12.1. The van der Waals surface area contributed by atoms with Gasteiger partial charge >= 0.3 is 5.97 Å². The van der Waals surface area contributed by atoms with Gasteiger partial charge in [0.15, 0.2) is 0 Å². The van der Waals surface area contributed by atoms with Gasteiger partial charge in [-0.1, -0.05) is 254 Å². The van der Waals surface area contributed by atoms with Gasteiger partial charge in [-0.2, -0.15) is 0 Å². The van der Waals surface area contributed by atoms with E-state index in [1.807, 2.05) is 6.08 Å². The molecule has 0 heterocycles. The minimum atomic E-state index is -0.805. The van der Waals surface area contributed by atoms with E-state index in [0.29, 0.717) is 19.3 Å². The molecule has 374 valence electrons. The molecule has 0 saturated heterocycles. The quantitative estimate of drug-likeness (QED) is 0.0321. The van der Waals surface area contributed by atoms with E-state index in [2.05, 4.69) is 105 Å². The fraction of sp³-hybridized carbons (Fsp3) is 0.729. The number of nitrogens with one attached hydrogen (secondary N) is 1. The number of carbonyl (C=O) groups is 2. The first-order valence-electron chi connectivity index (χ1n) is 27.4. The van der Waals surface area contributed by atoms with Gasteiger partial charge in [0, 0.05) is 6.42 Å². The van der Waals surface area contributed by atoms with Crippen LogP contribution in [0.4, 0.5) is 0 Å². The van der Waals surface area contributed by atoms with E-state index < -0.39 is 18.2 Å². The van der Waals surface area contributed by atoms with Gasteiger partial charge < -0.3 is 20.3 Å². The van der Waals surface area contributed by atoms with Gasteiger partial charge in [0.1, 0.15) is 6.10 Å². The molecule has 65 heavy (non-hydrogen) atoms. The molecule has 0 aliphatic carbocycles. The lowest BCUT2D eigenvalue weighted by Crippen LogP contribution is -2.46. The van der Waals surface area contributed by atoms with E-state index in [0.717, 1.165) is 83.5 Å². The Labute approximate surface area is 402 Å². The first-order chi connectivity index (χ1) is 32.0. The Kier molecular flexibility index (Phi) is 49.6. The molecule has 0 bridgehead atoms. The Morgan fingerprint density at radius 1 is 0.462 bits per heavy atom. The molecule has 3 N–H and O–H groups in total. The average molecular weight is 906 g/mol. The van der Waals surface area contributed by atoms with E-state index in [1.165, 1.54) is 122 Å². The molecule has 0 aromatic rings. The van der Waals surface area contributed by atoms with E-state index in [4.69, 9.17) is 4.74 Å². The second-order valence-corrected chi connectivity index (χ2v) is 18.4. The van der Waals surface area contributed by atoms with Crippen LogP contribution < -0.4 is 5.32 Å². The Bertz CT molecular complexity index is 1250. The number of allylic oxidation sites excluding steroid dienone is 14. The Hall–Kier alpha value is -2.96. The summed E-state index contributed by atoms with van der Waals surface area (Å²) >= 11 is 0. The van der Waals surface area contributed by atoms with Crippen molar-refractivity contribution >= 4 is 11.9 Å². The zero-order valence-electron chi connectivity index (χ0n) is 42.6. The van der Waals surface area contributed by atoms with Gasteiger partial charge in [-0.3, -0.25) is 9.59 Å². The number of hydrogen-bond acceptors (Lipinski definition) is 5. The predicted molar refractivity (Wildman–Crippen MR) is 282 cm³/mol. The van der Waals surface area contributed by atoms with Crippen molar-refractivity contribution in [2.24, 2.45) is 0 Å². The molecular formula is C59H103NO5. The van der Waals surface area contributed by atoms with Crippen LogP contribution >= 0.6 is 0 Å². The van der Waals surface area contributed by atoms with Gasteiger partial charge in [-0.25, -0.2) is 0 Å². The first kappa shape index (κ1) is 62.0. The Balaban J connectivity index is 4.68. The highest BCUT2D eigenvalue weighted by molar-refractivity contribution is 5.77. The summed E-state index contributed by atoms with van der Waals surface area (Å²) in [6, 6.07) is -0.722. The summed E-state index contributed by atoms with van der Waals surface area (Å²) < 4.78 is 5.93. The summed E-state index contributed by atoms with van der Waals surface area (Å²) in [4.78, 5) is 26.2. The third-order valence-corrected chi connectivity index (χ3v) is 12.1. The Morgan fingerprint density at radius 3 is 1.31 bits per heavy atom. The largest absolute Gasteiger partial charge is 0.462 e. The van der Waals surface area contributed by atoms with E-state index in [9.17, 15) is 19.8 Å². The lowest BCUT2D eigenvalue weighted by molar-refractivity contribution is -0.151. The molecule has 3 atom stereocenters. The lowest BCUT2D eigenvalue weighted by Gasteiger charge is -2.24. The smallest absolute Gasteiger partial charge is 0.306 e. The number of amides is 1. The first-order valence-corrected chi connectivity index (χ1v) is 27.4. The third kappa shape index (κ3) is 47.3. The van der Waals surface area contributed by atoms with Crippen molar-refractivity contribution in [2.75, 3.05) is 6.61 Å². The standard InChI is InChI=1S/C59H103NO5/c1-4-7-10-13-16-19-22-25-28-31-32-35-38-41-44-47-50-55(65-59(64)52-49-46-43-40-37-34-30-27-24-21-18-15-12-9-6-3)53-58(63)60-56(54-61)57(62)51-48-45-42-39-36-33-29-26-23-20-17-14-11-8-5-2/h9,12,15-16,18-19,21-22,24-25,28,31-32,35,55-57,61-62H,4-8,10-11,13-14,17,20,23,26-27,29-30,33-34,36-54H2,1-3H3,(H,60,63)/b12-9+,18-15+,19-16+,24-21+,25-22+,31-28+,35-32+. The molecule has 1 amide bonds. The van der Waals surface area contributed by atoms with Gasteiger partial charge in [-0.05, 0) is 70.6 Å². The van der Waals surface area contributed by atoms with E-state index in [1.54, 1.807) is 0 Å². The predicted octanol–water partition coefficient (Wildman–Crippen LogP) is 16.7. The molecule has 0 rings (SSSR count). The minimum Gasteiger partial charge on any atom is -0.462 e. The van der Waals surface area contributed by atoms with Crippen LogP contribution in [0, 0.1) is 0 Å². The van der Waals surface area contributed by atoms with Gasteiger partial charge in [0.2, 0.25) is 5.91 Å². The van der Waals surface area contributed by atoms with Crippen LogP contribution in [0.5, 0.6) is 0 Å². The number of hydrogen-bond donors (Lipinski definition) is 3. The van der Waals surface area contributed by atoms with Crippen molar-refractivity contribution in [1.29, 1.82) is 0 Å². The molecule has 0 saturated carbocycles. The van der Waals surface area contributed by atoms with Crippen LogP contribution in [0.25, 0.3) is 0 Å². The average Bonchev–Trinajstić information content (AvgIpc) is 3.30. The van der Waals surface area contributed by atoms with Crippen LogP contribution in [-0.2, 0) is 14.3 Å². The molecule has 3 unspecified atom stereocenters. The molecule has 0 aromatic carbocycles. The van der Waals surface area contributed by atoms with Crippen molar-refractivity contribution in [3.63, 3.8) is 0 Å². The van der Waals surface area contributed by atoms with Gasteiger partial charge in [0.25, 0.3) is 0 Å². The summed E-state index contributed by atoms with van der Waals surface area (Å²) in [6.45, 7) is 6.31. The fourth-order valence-electron chi connectivity index (χ4n) is 7.97. The van der Waals surface area contributed by atoms with Gasteiger partial charge in [0.05, 0.1) is 25.2 Å². The highest BCUT2D eigenvalue weighted by Gasteiger charge is 2.24. The summed E-state index contributed by atoms with van der Waals surface area (Å²) in [5.41, 5.74) is 0. The lowest BCUT2D eigenvalue weighted by atomic mass is 10.0. The number of rotatable bonds is 48. The topological polar surface area (TPSA) is 95.9 Å². The maximum absolute atomic E-state index is 13.2. The monoisotopic (exact) mass is 906 g/mol. The molecule has 0 aliphatic heterocycles. The molecule has 0 fully saturated rings. The van der Waals surface area contributed by atoms with Gasteiger partial charge in [-0.15, -0.1) is 0 Å². The van der Waals surface area contributed by atoms with Crippen molar-refractivity contribution in [3.05, 3.63) is 85.1 Å². The minimum absolute atomic E-state index is 0.0431. The van der Waals surface area contributed by atoms with Crippen LogP contribution in [-0.4, -0.2) is 46.9 Å². The van der Waals surface area contributed by atoms with Crippen LogP contribution in [0.1, 0.15) is 252 Å². The number of unbranched alkanes of at least 4 members (excludes halogenated alkanes) is 27. The number of carbonyl (C=O) groups excluding carboxylic acids is 2. The van der Waals surface area contributed by atoms with Crippen molar-refractivity contribution in [1.82, 2.24) is 5.32 Å². The van der Waals surface area contributed by atoms with Crippen molar-refractivity contribution in [3.8, 4) is 0 Å².